The molecule has 1 atom stereocenters. The minimum atomic E-state index is -0.468. The molecular formula is C24H32N2O2. The third kappa shape index (κ3) is 6.22. The summed E-state index contributed by atoms with van der Waals surface area (Å²) in [4.78, 5) is 27.7. The van der Waals surface area contributed by atoms with Gasteiger partial charge in [0.1, 0.15) is 6.04 Å². The van der Waals surface area contributed by atoms with E-state index in [4.69, 9.17) is 0 Å². The minimum Gasteiger partial charge on any atom is -0.354 e. The fraction of sp³-hybridized carbons (Fsp3) is 0.417. The van der Waals surface area contributed by atoms with Gasteiger partial charge in [0.05, 0.1) is 6.42 Å². The van der Waals surface area contributed by atoms with Crippen molar-refractivity contribution in [3.8, 4) is 0 Å². The van der Waals surface area contributed by atoms with Crippen molar-refractivity contribution in [1.82, 2.24) is 10.2 Å². The zero-order chi connectivity index (χ0) is 20.5. The van der Waals surface area contributed by atoms with Crippen molar-refractivity contribution in [2.75, 3.05) is 6.54 Å². The van der Waals surface area contributed by atoms with Gasteiger partial charge in [0.25, 0.3) is 0 Å². The van der Waals surface area contributed by atoms with Crippen molar-refractivity contribution >= 4 is 11.8 Å². The van der Waals surface area contributed by atoms with E-state index >= 15 is 0 Å². The smallest absolute Gasteiger partial charge is 0.242 e. The van der Waals surface area contributed by atoms with Crippen molar-refractivity contribution in [2.24, 2.45) is 0 Å². The SMILES string of the molecule is CCCNC(=O)[C@@H](CC)N(Cc1cccc(C)c1)C(=O)Cc1ccc(C)cc1. The van der Waals surface area contributed by atoms with Crippen LogP contribution in [0.1, 0.15) is 48.9 Å². The van der Waals surface area contributed by atoms with Crippen LogP contribution >= 0.6 is 0 Å². The molecule has 0 aliphatic heterocycles. The molecule has 0 unspecified atom stereocenters. The Kier molecular flexibility index (Phi) is 8.24. The zero-order valence-electron chi connectivity index (χ0n) is 17.5. The third-order valence-corrected chi connectivity index (χ3v) is 4.85. The first-order valence-corrected chi connectivity index (χ1v) is 10.1. The summed E-state index contributed by atoms with van der Waals surface area (Å²) in [5.41, 5.74) is 4.32. The van der Waals surface area contributed by atoms with Crippen LogP contribution in [0.3, 0.4) is 0 Å². The summed E-state index contributed by atoms with van der Waals surface area (Å²) in [5.74, 6) is -0.0990. The molecule has 0 radical (unpaired) electrons. The average molecular weight is 381 g/mol. The molecule has 0 aliphatic rings. The summed E-state index contributed by atoms with van der Waals surface area (Å²) >= 11 is 0. The van der Waals surface area contributed by atoms with E-state index in [0.29, 0.717) is 25.9 Å². The maximum Gasteiger partial charge on any atom is 0.242 e. The first-order valence-electron chi connectivity index (χ1n) is 10.1. The van der Waals surface area contributed by atoms with Crippen molar-refractivity contribution < 1.29 is 9.59 Å². The topological polar surface area (TPSA) is 49.4 Å². The predicted molar refractivity (Wildman–Crippen MR) is 114 cm³/mol. The van der Waals surface area contributed by atoms with Gasteiger partial charge >= 0.3 is 0 Å². The van der Waals surface area contributed by atoms with E-state index in [9.17, 15) is 9.59 Å². The van der Waals surface area contributed by atoms with E-state index in [0.717, 1.165) is 28.7 Å². The van der Waals surface area contributed by atoms with Crippen LogP contribution in [0.5, 0.6) is 0 Å². The fourth-order valence-corrected chi connectivity index (χ4v) is 3.27. The average Bonchev–Trinajstić information content (AvgIpc) is 2.68. The van der Waals surface area contributed by atoms with E-state index < -0.39 is 6.04 Å². The molecule has 4 heteroatoms. The molecule has 28 heavy (non-hydrogen) atoms. The fourth-order valence-electron chi connectivity index (χ4n) is 3.27. The van der Waals surface area contributed by atoms with E-state index in [-0.39, 0.29) is 11.8 Å². The first kappa shape index (κ1) is 21.7. The zero-order valence-corrected chi connectivity index (χ0v) is 17.5. The number of benzene rings is 2. The Balaban J connectivity index is 2.26. The van der Waals surface area contributed by atoms with Gasteiger partial charge in [-0.3, -0.25) is 9.59 Å². The van der Waals surface area contributed by atoms with Gasteiger partial charge in [-0.2, -0.15) is 0 Å². The van der Waals surface area contributed by atoms with Gasteiger partial charge < -0.3 is 10.2 Å². The van der Waals surface area contributed by atoms with Crippen LogP contribution in [-0.4, -0.2) is 29.3 Å². The molecule has 2 rings (SSSR count). The molecule has 0 aliphatic carbocycles. The first-order chi connectivity index (χ1) is 13.4. The monoisotopic (exact) mass is 380 g/mol. The summed E-state index contributed by atoms with van der Waals surface area (Å²) in [6.07, 6.45) is 1.75. The lowest BCUT2D eigenvalue weighted by Gasteiger charge is -2.31. The molecule has 150 valence electrons. The summed E-state index contributed by atoms with van der Waals surface area (Å²) in [5, 5.41) is 2.95. The lowest BCUT2D eigenvalue weighted by Crippen LogP contribution is -2.49. The Hall–Kier alpha value is -2.62. The molecule has 0 aromatic heterocycles. The van der Waals surface area contributed by atoms with E-state index in [1.165, 1.54) is 0 Å². The number of rotatable bonds is 9. The van der Waals surface area contributed by atoms with Crippen LogP contribution in [0.15, 0.2) is 48.5 Å². The lowest BCUT2D eigenvalue weighted by molar-refractivity contribution is -0.140. The number of amides is 2. The number of carbonyl (C=O) groups excluding carboxylic acids is 2. The third-order valence-electron chi connectivity index (χ3n) is 4.85. The Bertz CT molecular complexity index is 783. The summed E-state index contributed by atoms with van der Waals surface area (Å²) in [6, 6.07) is 15.6. The molecule has 2 aromatic rings. The number of nitrogens with one attached hydrogen (secondary N) is 1. The second kappa shape index (κ2) is 10.6. The largest absolute Gasteiger partial charge is 0.354 e. The van der Waals surface area contributed by atoms with Crippen molar-refractivity contribution in [3.63, 3.8) is 0 Å². The van der Waals surface area contributed by atoms with Gasteiger partial charge in [-0.15, -0.1) is 0 Å². The second-order valence-corrected chi connectivity index (χ2v) is 7.39. The van der Waals surface area contributed by atoms with Crippen molar-refractivity contribution in [2.45, 2.75) is 59.5 Å². The van der Waals surface area contributed by atoms with E-state index in [1.807, 2.05) is 70.2 Å². The highest BCUT2D eigenvalue weighted by Gasteiger charge is 2.28. The molecule has 2 amide bonds. The lowest BCUT2D eigenvalue weighted by atomic mass is 10.0. The Morgan fingerprint density at radius 1 is 0.964 bits per heavy atom. The standard InChI is InChI=1S/C24H32N2O2/c1-5-14-25-24(28)22(6-2)26(17-21-9-7-8-19(4)15-21)23(27)16-20-12-10-18(3)11-13-20/h7-13,15,22H,5-6,14,16-17H2,1-4H3,(H,25,28)/t22-/m1/s1. The molecule has 0 saturated heterocycles. The predicted octanol–water partition coefficient (Wildman–Crippen LogP) is 4.18. The normalized spacial score (nSPS) is 11.7. The maximum atomic E-state index is 13.2. The summed E-state index contributed by atoms with van der Waals surface area (Å²) in [7, 11) is 0. The number of hydrogen-bond donors (Lipinski definition) is 1. The van der Waals surface area contributed by atoms with E-state index in [2.05, 4.69) is 11.4 Å². The van der Waals surface area contributed by atoms with Crippen molar-refractivity contribution in [1.29, 1.82) is 0 Å². The van der Waals surface area contributed by atoms with Crippen LogP contribution < -0.4 is 5.32 Å². The Morgan fingerprint density at radius 2 is 1.68 bits per heavy atom. The number of nitrogens with zero attached hydrogens (tertiary/aromatic N) is 1. The number of hydrogen-bond acceptors (Lipinski definition) is 2. The van der Waals surface area contributed by atoms with Gasteiger partial charge in [0.15, 0.2) is 0 Å². The van der Waals surface area contributed by atoms with Gasteiger partial charge in [0, 0.05) is 13.1 Å². The van der Waals surface area contributed by atoms with Crippen LogP contribution in [0.4, 0.5) is 0 Å². The molecule has 4 nitrogen and oxygen atoms in total. The summed E-state index contributed by atoms with van der Waals surface area (Å²) in [6.45, 7) is 9.10. The highest BCUT2D eigenvalue weighted by Crippen LogP contribution is 2.16. The Morgan fingerprint density at radius 3 is 2.29 bits per heavy atom. The summed E-state index contributed by atoms with van der Waals surface area (Å²) < 4.78 is 0. The molecule has 0 fully saturated rings. The molecule has 0 heterocycles. The molecule has 0 bridgehead atoms. The number of carbonyl (C=O) groups is 2. The molecule has 0 spiro atoms. The second-order valence-electron chi connectivity index (χ2n) is 7.39. The highest BCUT2D eigenvalue weighted by atomic mass is 16.2. The molecule has 2 aromatic carbocycles. The quantitative estimate of drug-likeness (QED) is 0.709. The van der Waals surface area contributed by atoms with Gasteiger partial charge in [-0.25, -0.2) is 0 Å². The van der Waals surface area contributed by atoms with Gasteiger partial charge in [-0.05, 0) is 37.8 Å². The maximum absolute atomic E-state index is 13.2. The molecule has 0 saturated carbocycles. The van der Waals surface area contributed by atoms with Crippen LogP contribution in [0.25, 0.3) is 0 Å². The van der Waals surface area contributed by atoms with Gasteiger partial charge in [-0.1, -0.05) is 73.5 Å². The van der Waals surface area contributed by atoms with Crippen LogP contribution in [0.2, 0.25) is 0 Å². The molecule has 1 N–H and O–H groups in total. The van der Waals surface area contributed by atoms with Gasteiger partial charge in [0.2, 0.25) is 11.8 Å². The van der Waals surface area contributed by atoms with Crippen LogP contribution in [-0.2, 0) is 22.6 Å². The number of aryl methyl sites for hydroxylation is 2. The molecular weight excluding hydrogens is 348 g/mol. The van der Waals surface area contributed by atoms with Crippen molar-refractivity contribution in [3.05, 3.63) is 70.8 Å². The Labute approximate surface area is 169 Å². The highest BCUT2D eigenvalue weighted by molar-refractivity contribution is 5.88. The minimum absolute atomic E-state index is 0.0242. The van der Waals surface area contributed by atoms with E-state index in [1.54, 1.807) is 4.90 Å². The van der Waals surface area contributed by atoms with Crippen LogP contribution in [0, 0.1) is 13.8 Å².